The van der Waals surface area contributed by atoms with Gasteiger partial charge in [-0.15, -0.1) is 0 Å². The third-order valence-electron chi connectivity index (χ3n) is 7.52. The molecule has 0 saturated carbocycles. The Morgan fingerprint density at radius 1 is 1.21 bits per heavy atom. The number of aromatic hydroxyl groups is 1. The van der Waals surface area contributed by atoms with Gasteiger partial charge in [-0.25, -0.2) is 18.7 Å². The van der Waals surface area contributed by atoms with Crippen LogP contribution in [0.4, 0.5) is 10.2 Å². The number of carbonyl (C=O) groups is 2. The minimum absolute atomic E-state index is 0.0105. The van der Waals surface area contributed by atoms with E-state index >= 15 is 4.39 Å². The summed E-state index contributed by atoms with van der Waals surface area (Å²) in [6, 6.07) is 6.62. The second-order valence-electron chi connectivity index (χ2n) is 10.7. The fraction of sp³-hybridized carbons (Fsp3) is 0.290. The molecule has 222 valence electrons. The Morgan fingerprint density at radius 2 is 1.95 bits per heavy atom. The summed E-state index contributed by atoms with van der Waals surface area (Å²) in [7, 11) is 0. The molecule has 5 rings (SSSR count). The summed E-state index contributed by atoms with van der Waals surface area (Å²) in [5, 5.41) is 10.9. The Labute approximate surface area is 252 Å². The van der Waals surface area contributed by atoms with Gasteiger partial charge in [0.05, 0.1) is 33.0 Å². The average molecular weight is 605 g/mol. The molecule has 3 aromatic heterocycles. The van der Waals surface area contributed by atoms with Gasteiger partial charge in [0.15, 0.2) is 11.4 Å². The van der Waals surface area contributed by atoms with Crippen LogP contribution >= 0.6 is 11.6 Å². The lowest BCUT2D eigenvalue weighted by Crippen LogP contribution is -2.54. The molecule has 1 aliphatic rings. The van der Waals surface area contributed by atoms with Crippen molar-refractivity contribution >= 4 is 40.1 Å². The first-order valence-electron chi connectivity index (χ1n) is 13.7. The first-order chi connectivity index (χ1) is 20.4. The molecule has 10 nitrogen and oxygen atoms in total. The van der Waals surface area contributed by atoms with E-state index in [0.717, 1.165) is 0 Å². The van der Waals surface area contributed by atoms with Crippen LogP contribution < -0.4 is 10.6 Å². The number of nitrogens with zero attached hydrogens (tertiary/aromatic N) is 6. The number of carbonyl (C=O) groups excluding carboxylic acids is 2. The summed E-state index contributed by atoms with van der Waals surface area (Å²) in [5.74, 6) is -1.58. The van der Waals surface area contributed by atoms with Crippen molar-refractivity contribution in [2.75, 3.05) is 24.5 Å². The molecule has 12 heteroatoms. The molecule has 4 aromatic rings. The van der Waals surface area contributed by atoms with Gasteiger partial charge in [0, 0.05) is 37.4 Å². The van der Waals surface area contributed by atoms with E-state index < -0.39 is 11.5 Å². The number of Topliss-reactive ketones (excluding diaryl/α,β-unsaturated/α-hetero) is 1. The van der Waals surface area contributed by atoms with E-state index in [-0.39, 0.29) is 68.4 Å². The number of anilines is 1. The highest BCUT2D eigenvalue weighted by Crippen LogP contribution is 2.39. The first kappa shape index (κ1) is 29.8. The number of fused-ring (bicyclic) bond motifs is 1. The summed E-state index contributed by atoms with van der Waals surface area (Å²) in [6.07, 6.45) is 2.76. The Bertz CT molecular complexity index is 1840. The van der Waals surface area contributed by atoms with Gasteiger partial charge < -0.3 is 14.9 Å². The molecule has 4 heterocycles. The zero-order valence-corrected chi connectivity index (χ0v) is 24.9. The number of hydrogen-bond donors (Lipinski definition) is 1. The molecule has 43 heavy (non-hydrogen) atoms. The van der Waals surface area contributed by atoms with Gasteiger partial charge in [-0.1, -0.05) is 38.1 Å². The summed E-state index contributed by atoms with van der Waals surface area (Å²) >= 11 is 6.71. The third kappa shape index (κ3) is 5.25. The molecule has 0 aliphatic carbocycles. The Morgan fingerprint density at radius 3 is 2.58 bits per heavy atom. The number of phenols is 1. The van der Waals surface area contributed by atoms with Crippen LogP contribution in [0, 0.1) is 5.82 Å². The number of pyridine rings is 2. The van der Waals surface area contributed by atoms with Crippen molar-refractivity contribution in [3.8, 4) is 22.7 Å². The lowest BCUT2D eigenvalue weighted by molar-refractivity contribution is -0.126. The third-order valence-corrected chi connectivity index (χ3v) is 7.81. The monoisotopic (exact) mass is 604 g/mol. The average Bonchev–Trinajstić information content (AvgIpc) is 2.96. The maximum atomic E-state index is 15.1. The topological polar surface area (TPSA) is 122 Å². The van der Waals surface area contributed by atoms with Crippen LogP contribution in [-0.4, -0.2) is 66.9 Å². The number of aromatic nitrogens is 4. The number of halogens is 2. The fourth-order valence-electron chi connectivity index (χ4n) is 5.46. The molecule has 1 amide bonds. The lowest BCUT2D eigenvalue weighted by Gasteiger charge is -2.40. The van der Waals surface area contributed by atoms with Gasteiger partial charge in [0.2, 0.25) is 5.91 Å². The molecule has 0 unspecified atom stereocenters. The van der Waals surface area contributed by atoms with Crippen LogP contribution in [-0.2, 0) is 4.79 Å². The SMILES string of the molecule is C=CC(=O)N1CCN(c2nc(=O)n(-c3c(C(C)=O)ccnc3C(C)C)c3nc(-c4c(O)cccc4F)c(Cl)cc23)[C@@H](C)C1. The Hall–Kier alpha value is -4.64. The van der Waals surface area contributed by atoms with Crippen molar-refractivity contribution in [2.24, 2.45) is 0 Å². The molecule has 1 saturated heterocycles. The Balaban J connectivity index is 1.87. The molecular weight excluding hydrogens is 575 g/mol. The highest BCUT2D eigenvalue weighted by molar-refractivity contribution is 6.34. The van der Waals surface area contributed by atoms with Crippen LogP contribution in [0.1, 0.15) is 49.7 Å². The van der Waals surface area contributed by atoms with Crippen molar-refractivity contribution in [3.05, 3.63) is 81.8 Å². The molecule has 1 atom stereocenters. The van der Waals surface area contributed by atoms with E-state index in [0.29, 0.717) is 30.7 Å². The predicted molar refractivity (Wildman–Crippen MR) is 163 cm³/mol. The number of benzene rings is 1. The van der Waals surface area contributed by atoms with E-state index in [1.807, 2.05) is 25.7 Å². The fourth-order valence-corrected chi connectivity index (χ4v) is 5.71. The van der Waals surface area contributed by atoms with Crippen LogP contribution in [0.15, 0.2) is 54.0 Å². The van der Waals surface area contributed by atoms with E-state index in [9.17, 15) is 19.5 Å². The van der Waals surface area contributed by atoms with Crippen LogP contribution in [0.2, 0.25) is 5.02 Å². The standard InChI is InChI=1S/C31H30ClFN6O4/c1-6-24(42)37-12-13-38(17(4)15-37)29-20-14-21(32)27(25-22(33)8-7-9-23(25)41)35-30(20)39(31(43)36-29)28-19(18(5)40)10-11-34-26(28)16(2)3/h6-11,14,16-17,41H,1,12-13,15H2,2-5H3/t17-/m0/s1. The van der Waals surface area contributed by atoms with E-state index in [1.165, 1.54) is 54.1 Å². The van der Waals surface area contributed by atoms with E-state index in [1.54, 1.807) is 4.90 Å². The number of piperazine rings is 1. The van der Waals surface area contributed by atoms with Crippen molar-refractivity contribution in [1.82, 2.24) is 24.4 Å². The minimum Gasteiger partial charge on any atom is -0.507 e. The molecule has 0 radical (unpaired) electrons. The lowest BCUT2D eigenvalue weighted by atomic mass is 10.0. The quantitative estimate of drug-likeness (QED) is 0.244. The molecule has 1 N–H and O–H groups in total. The van der Waals surface area contributed by atoms with Crippen LogP contribution in [0.25, 0.3) is 28.0 Å². The molecule has 0 spiro atoms. The van der Waals surface area contributed by atoms with E-state index in [2.05, 4.69) is 21.5 Å². The van der Waals surface area contributed by atoms with Gasteiger partial charge in [-0.3, -0.25) is 14.6 Å². The van der Waals surface area contributed by atoms with Gasteiger partial charge in [-0.05, 0) is 50.1 Å². The number of hydrogen-bond acceptors (Lipinski definition) is 8. The predicted octanol–water partition coefficient (Wildman–Crippen LogP) is 4.89. The summed E-state index contributed by atoms with van der Waals surface area (Å²) in [4.78, 5) is 56.3. The smallest absolute Gasteiger partial charge is 0.355 e. The number of rotatable bonds is 6. The minimum atomic E-state index is -0.762. The number of phenolic OH excluding ortho intramolecular Hbond substituents is 1. The van der Waals surface area contributed by atoms with Crippen molar-refractivity contribution < 1.29 is 19.1 Å². The molecule has 1 aliphatic heterocycles. The van der Waals surface area contributed by atoms with Gasteiger partial charge in [-0.2, -0.15) is 4.98 Å². The van der Waals surface area contributed by atoms with Crippen molar-refractivity contribution in [3.63, 3.8) is 0 Å². The second kappa shape index (κ2) is 11.6. The number of ketones is 1. The summed E-state index contributed by atoms with van der Waals surface area (Å²) < 4.78 is 16.3. The van der Waals surface area contributed by atoms with Gasteiger partial charge in [0.1, 0.15) is 17.4 Å². The molecular formula is C31H30ClFN6O4. The van der Waals surface area contributed by atoms with Gasteiger partial charge >= 0.3 is 5.69 Å². The molecule has 1 fully saturated rings. The molecule has 1 aromatic carbocycles. The first-order valence-corrected chi connectivity index (χ1v) is 14.1. The molecule has 0 bridgehead atoms. The highest BCUT2D eigenvalue weighted by Gasteiger charge is 2.31. The number of amides is 1. The maximum absolute atomic E-state index is 15.1. The van der Waals surface area contributed by atoms with E-state index in [4.69, 9.17) is 11.6 Å². The summed E-state index contributed by atoms with van der Waals surface area (Å²) in [6.45, 7) is 11.7. The van der Waals surface area contributed by atoms with Crippen LogP contribution in [0.3, 0.4) is 0 Å². The largest absolute Gasteiger partial charge is 0.507 e. The maximum Gasteiger partial charge on any atom is 0.355 e. The second-order valence-corrected chi connectivity index (χ2v) is 11.1. The van der Waals surface area contributed by atoms with Crippen LogP contribution in [0.5, 0.6) is 5.75 Å². The van der Waals surface area contributed by atoms with Gasteiger partial charge in [0.25, 0.3) is 0 Å². The zero-order chi connectivity index (χ0) is 31.2. The van der Waals surface area contributed by atoms with Crippen molar-refractivity contribution in [2.45, 2.75) is 39.7 Å². The normalized spacial score (nSPS) is 15.3. The van der Waals surface area contributed by atoms with Crippen molar-refractivity contribution in [1.29, 1.82) is 0 Å². The Kier molecular flexibility index (Phi) is 8.02. The summed E-state index contributed by atoms with van der Waals surface area (Å²) in [5.41, 5.74) is -0.118. The highest BCUT2D eigenvalue weighted by atomic mass is 35.5. The zero-order valence-electron chi connectivity index (χ0n) is 24.1.